The van der Waals surface area contributed by atoms with E-state index in [1.807, 2.05) is 0 Å². The van der Waals surface area contributed by atoms with Crippen molar-refractivity contribution in [3.05, 3.63) is 0 Å². The highest BCUT2D eigenvalue weighted by atomic mass is 16.9. The standard InChI is InChI=1S/C10H21BO7/c1-12-3-4-14-6-10-8-16-11(18-10)15-7-9(17-11)5-13-2/h9-10,18H,3-8H2,1-2H3. The average Bonchev–Trinajstić information content (AvgIpc) is 2.94. The zero-order valence-corrected chi connectivity index (χ0v) is 10.9. The highest BCUT2D eigenvalue weighted by molar-refractivity contribution is 6.53. The first-order chi connectivity index (χ1) is 8.78. The van der Waals surface area contributed by atoms with Crippen LogP contribution in [0.25, 0.3) is 0 Å². The van der Waals surface area contributed by atoms with Gasteiger partial charge in [-0.05, 0) is 0 Å². The first-order valence-corrected chi connectivity index (χ1v) is 6.14. The summed E-state index contributed by atoms with van der Waals surface area (Å²) in [6.07, 6.45) is -0.143. The lowest BCUT2D eigenvalue weighted by Crippen LogP contribution is -2.44. The number of hydrogen-bond donors (Lipinski definition) is 0. The Kier molecular flexibility index (Phi) is 5.37. The smallest absolute Gasteiger partial charge is 0.599 e. The van der Waals surface area contributed by atoms with E-state index in [0.717, 1.165) is 0 Å². The normalized spacial score (nSPS) is 35.7. The molecular weight excluding hydrogens is 243 g/mol. The summed E-state index contributed by atoms with van der Waals surface area (Å²) < 4.78 is 36.4. The van der Waals surface area contributed by atoms with Crippen LogP contribution >= 0.6 is 0 Å². The van der Waals surface area contributed by atoms with Crippen molar-refractivity contribution in [3.63, 3.8) is 0 Å². The molecule has 2 rings (SSSR count). The second-order valence-corrected chi connectivity index (χ2v) is 4.36. The summed E-state index contributed by atoms with van der Waals surface area (Å²) in [5, 5.41) is 0. The van der Waals surface area contributed by atoms with Crippen molar-refractivity contribution in [2.45, 2.75) is 12.2 Å². The first-order valence-electron chi connectivity index (χ1n) is 6.14. The van der Waals surface area contributed by atoms with Gasteiger partial charge in [0, 0.05) is 20.8 Å². The Hall–Kier alpha value is -0.215. The topological polar surface area (TPSA) is 68.2 Å². The summed E-state index contributed by atoms with van der Waals surface area (Å²) in [7, 11) is 3.26. The molecule has 2 fully saturated rings. The number of rotatable bonds is 7. The molecule has 0 saturated carbocycles. The summed E-state index contributed by atoms with van der Waals surface area (Å²) in [6, 6.07) is 0. The van der Waals surface area contributed by atoms with E-state index < -0.39 is 6.96 Å². The van der Waals surface area contributed by atoms with Gasteiger partial charge in [0.15, 0.2) is 6.10 Å². The molecule has 8 heteroatoms. The highest BCUT2D eigenvalue weighted by Crippen LogP contribution is 2.26. The second-order valence-electron chi connectivity index (χ2n) is 4.36. The maximum atomic E-state index is 5.65. The predicted octanol–water partition coefficient (Wildman–Crippen LogP) is -0.926. The van der Waals surface area contributed by atoms with Crippen molar-refractivity contribution in [3.8, 4) is 0 Å². The third-order valence-electron chi connectivity index (χ3n) is 2.84. The van der Waals surface area contributed by atoms with Gasteiger partial charge >= 0.3 is 6.96 Å². The molecular formula is C10H21BO7. The minimum atomic E-state index is -1.93. The van der Waals surface area contributed by atoms with Gasteiger partial charge in [-0.25, -0.2) is 0 Å². The summed E-state index contributed by atoms with van der Waals surface area (Å²) in [5.74, 6) is 0. The van der Waals surface area contributed by atoms with Gasteiger partial charge in [0.2, 0.25) is 0 Å². The molecule has 0 aliphatic carbocycles. The van der Waals surface area contributed by atoms with E-state index in [4.69, 9.17) is 28.2 Å². The minimum Gasteiger partial charge on any atom is -0.599 e. The van der Waals surface area contributed by atoms with Crippen LogP contribution in [0.15, 0.2) is 0 Å². The van der Waals surface area contributed by atoms with Gasteiger partial charge in [0.1, 0.15) is 6.61 Å². The number of ether oxygens (including phenoxy) is 3. The zero-order chi connectivity index (χ0) is 12.8. The Morgan fingerprint density at radius 3 is 2.72 bits per heavy atom. The van der Waals surface area contributed by atoms with Crippen molar-refractivity contribution < 1.29 is 32.8 Å². The van der Waals surface area contributed by atoms with Crippen molar-refractivity contribution >= 4 is 6.96 Å². The van der Waals surface area contributed by atoms with Crippen molar-refractivity contribution in [2.75, 3.05) is 53.9 Å². The minimum absolute atomic E-state index is 0.0387. The molecule has 106 valence electrons. The highest BCUT2D eigenvalue weighted by Gasteiger charge is 2.55. The SMILES string of the molecule is COCCOCC1CO[B-]2(OCC(COC)O2)[OH+]1. The third kappa shape index (κ3) is 3.64. The second kappa shape index (κ2) is 6.81. The molecule has 1 N–H and O–H groups in total. The molecule has 1 spiro atoms. The van der Waals surface area contributed by atoms with E-state index in [9.17, 15) is 0 Å². The monoisotopic (exact) mass is 264 g/mol. The molecule has 0 aromatic heterocycles. The lowest BCUT2D eigenvalue weighted by molar-refractivity contribution is -0.0639. The molecule has 2 aliphatic rings. The van der Waals surface area contributed by atoms with Crippen LogP contribution in [0.5, 0.6) is 0 Å². The number of methoxy groups -OCH3 is 2. The number of aliphatic hydroxyl groups is 1. The average molecular weight is 264 g/mol. The molecule has 3 atom stereocenters. The van der Waals surface area contributed by atoms with Crippen LogP contribution in [0.3, 0.4) is 0 Å². The molecule has 0 aromatic carbocycles. The quantitative estimate of drug-likeness (QED) is 0.336. The van der Waals surface area contributed by atoms with Gasteiger partial charge in [0.05, 0.1) is 32.5 Å². The Balaban J connectivity index is 1.68. The Morgan fingerprint density at radius 2 is 1.94 bits per heavy atom. The van der Waals surface area contributed by atoms with Crippen LogP contribution in [0.1, 0.15) is 0 Å². The van der Waals surface area contributed by atoms with E-state index in [1.165, 1.54) is 0 Å². The Bertz CT molecular complexity index is 254. The molecule has 7 nitrogen and oxygen atoms in total. The Labute approximate surface area is 107 Å². The molecule has 2 heterocycles. The van der Waals surface area contributed by atoms with Crippen molar-refractivity contribution in [2.24, 2.45) is 0 Å². The fraction of sp³-hybridized carbons (Fsp3) is 1.00. The van der Waals surface area contributed by atoms with Gasteiger partial charge in [-0.3, -0.25) is 0 Å². The van der Waals surface area contributed by atoms with Crippen LogP contribution in [-0.2, 0) is 28.2 Å². The molecule has 0 radical (unpaired) electrons. The van der Waals surface area contributed by atoms with Gasteiger partial charge in [-0.2, -0.15) is 0 Å². The molecule has 0 aromatic rings. The van der Waals surface area contributed by atoms with E-state index in [0.29, 0.717) is 39.6 Å². The van der Waals surface area contributed by atoms with E-state index in [1.54, 1.807) is 14.2 Å². The molecule has 3 unspecified atom stereocenters. The molecule has 18 heavy (non-hydrogen) atoms. The molecule has 2 aliphatic heterocycles. The lowest BCUT2D eigenvalue weighted by atomic mass is 10.1. The summed E-state index contributed by atoms with van der Waals surface area (Å²) in [6.45, 7) is 1.10. The molecule has 0 amide bonds. The van der Waals surface area contributed by atoms with Gasteiger partial charge < -0.3 is 32.8 Å². The third-order valence-corrected chi connectivity index (χ3v) is 2.84. The van der Waals surface area contributed by atoms with Crippen LogP contribution in [0.2, 0.25) is 0 Å². The van der Waals surface area contributed by atoms with Crippen LogP contribution < -0.4 is 0 Å². The van der Waals surface area contributed by atoms with E-state index in [-0.39, 0.29) is 12.2 Å². The van der Waals surface area contributed by atoms with E-state index >= 15 is 0 Å². The van der Waals surface area contributed by atoms with Crippen LogP contribution in [0.4, 0.5) is 0 Å². The van der Waals surface area contributed by atoms with Gasteiger partial charge in [0.25, 0.3) is 0 Å². The maximum absolute atomic E-state index is 5.65. The van der Waals surface area contributed by atoms with E-state index in [2.05, 4.69) is 4.65 Å². The predicted molar refractivity (Wildman–Crippen MR) is 63.1 cm³/mol. The zero-order valence-electron chi connectivity index (χ0n) is 10.9. The fourth-order valence-corrected chi connectivity index (χ4v) is 2.02. The number of hydrogen-bond acceptors (Lipinski definition) is 6. The van der Waals surface area contributed by atoms with Crippen LogP contribution in [0, 0.1) is 0 Å². The largest absolute Gasteiger partial charge is 0.730 e. The fourth-order valence-electron chi connectivity index (χ4n) is 2.02. The van der Waals surface area contributed by atoms with Crippen molar-refractivity contribution in [1.29, 1.82) is 0 Å². The summed E-state index contributed by atoms with van der Waals surface area (Å²) in [5.41, 5.74) is 0. The maximum Gasteiger partial charge on any atom is 0.730 e. The lowest BCUT2D eigenvalue weighted by Gasteiger charge is -2.22. The first kappa shape index (κ1) is 14.2. The Morgan fingerprint density at radius 1 is 1.11 bits per heavy atom. The van der Waals surface area contributed by atoms with Gasteiger partial charge in [-0.1, -0.05) is 0 Å². The summed E-state index contributed by atoms with van der Waals surface area (Å²) in [4.78, 5) is 0. The summed E-state index contributed by atoms with van der Waals surface area (Å²) >= 11 is 0. The van der Waals surface area contributed by atoms with Crippen LogP contribution in [-0.4, -0.2) is 77.7 Å². The molecule has 2 saturated heterocycles. The molecule has 0 bridgehead atoms. The van der Waals surface area contributed by atoms with Gasteiger partial charge in [-0.15, -0.1) is 0 Å². The van der Waals surface area contributed by atoms with Crippen molar-refractivity contribution in [1.82, 2.24) is 0 Å².